The fourth-order valence-electron chi connectivity index (χ4n) is 1.48. The molecule has 74 valence electrons. The Bertz CT molecular complexity index is 406. The molecule has 0 atom stereocenters. The van der Waals surface area contributed by atoms with Gasteiger partial charge in [-0.15, -0.1) is 5.69 Å². The Balaban J connectivity index is 0.00000112. The molecule has 0 bridgehead atoms. The summed E-state index contributed by atoms with van der Waals surface area (Å²) in [5, 5.41) is 3.80. The number of halogens is 1. The Morgan fingerprint density at radius 1 is 1.40 bits per heavy atom. The molecule has 1 aromatic rings. The summed E-state index contributed by atoms with van der Waals surface area (Å²) in [6, 6.07) is 5.59. The summed E-state index contributed by atoms with van der Waals surface area (Å²) in [5.41, 5.74) is 1.01. The molecular formula is C10H9BrNNaO2. The van der Waals surface area contributed by atoms with Crippen LogP contribution in [0.3, 0.4) is 0 Å². The normalized spacial score (nSPS) is 16.9. The fourth-order valence-corrected chi connectivity index (χ4v) is 1.84. The molecule has 0 fully saturated rings. The van der Waals surface area contributed by atoms with Crippen LogP contribution >= 0.6 is 15.9 Å². The first-order chi connectivity index (χ1) is 6.49. The maximum atomic E-state index is 11.1. The number of fused-ring (bicyclic) bond motifs is 1. The van der Waals surface area contributed by atoms with E-state index in [2.05, 4.69) is 21.2 Å². The van der Waals surface area contributed by atoms with Gasteiger partial charge < -0.3 is 10.1 Å². The van der Waals surface area contributed by atoms with Gasteiger partial charge in [-0.05, 0) is 31.5 Å². The van der Waals surface area contributed by atoms with Crippen molar-refractivity contribution < 1.29 is 39.1 Å². The van der Waals surface area contributed by atoms with Crippen molar-refractivity contribution >= 4 is 27.7 Å². The fraction of sp³-hybridized carbons (Fsp3) is 0.300. The number of benzene rings is 1. The second-order valence-electron chi connectivity index (χ2n) is 3.65. The first-order valence-electron chi connectivity index (χ1n) is 4.24. The van der Waals surface area contributed by atoms with Gasteiger partial charge in [-0.1, -0.05) is 22.0 Å². The quantitative estimate of drug-likeness (QED) is 0.660. The van der Waals surface area contributed by atoms with Gasteiger partial charge in [0.25, 0.3) is 0 Å². The maximum absolute atomic E-state index is 11.1. The van der Waals surface area contributed by atoms with Crippen molar-refractivity contribution in [1.82, 2.24) is 0 Å². The number of carbonyl (C=O) groups excluding carboxylic acids is 1. The molecule has 0 radical (unpaired) electrons. The zero-order chi connectivity index (χ0) is 10.3. The van der Waals surface area contributed by atoms with Crippen molar-refractivity contribution in [2.24, 2.45) is 0 Å². The Morgan fingerprint density at radius 2 is 2.07 bits per heavy atom. The first-order valence-corrected chi connectivity index (χ1v) is 5.03. The number of carbonyl (C=O) groups is 1. The molecule has 1 aliphatic rings. The summed E-state index contributed by atoms with van der Waals surface area (Å²) >= 11 is 3.38. The summed E-state index contributed by atoms with van der Waals surface area (Å²) in [7, 11) is 0. The van der Waals surface area contributed by atoms with Crippen LogP contribution < -0.4 is 29.6 Å². The van der Waals surface area contributed by atoms with Crippen LogP contribution in [0.15, 0.2) is 22.7 Å². The van der Waals surface area contributed by atoms with Crippen LogP contribution in [0.4, 0.5) is 10.5 Å². The van der Waals surface area contributed by atoms with Crippen LogP contribution in [-0.4, -0.2) is 6.09 Å². The number of amides is 1. The molecule has 5 heteroatoms. The number of ether oxygens (including phenoxy) is 1. The van der Waals surface area contributed by atoms with Gasteiger partial charge in [-0.25, -0.2) is 0 Å². The Hall–Kier alpha value is -0.0300. The standard InChI is InChI=1S/C10H10BrNO2.Na/c1-10(2)7-5-6(11)3-4-8(7)12-9(13)14-10;/h3-5H,1-2H3,(H,12,13);/q;+1/p-1. The van der Waals surface area contributed by atoms with Gasteiger partial charge in [0, 0.05) is 4.47 Å². The van der Waals surface area contributed by atoms with Crippen LogP contribution in [0.5, 0.6) is 0 Å². The van der Waals surface area contributed by atoms with E-state index < -0.39 is 11.7 Å². The molecule has 0 spiro atoms. The summed E-state index contributed by atoms with van der Waals surface area (Å²) < 4.78 is 6.08. The van der Waals surface area contributed by atoms with E-state index in [1.807, 2.05) is 32.0 Å². The van der Waals surface area contributed by atoms with Gasteiger partial charge >= 0.3 is 29.6 Å². The van der Waals surface area contributed by atoms with E-state index in [1.165, 1.54) is 0 Å². The predicted molar refractivity (Wildman–Crippen MR) is 56.7 cm³/mol. The minimum absolute atomic E-state index is 0. The minimum Gasteiger partial charge on any atom is -0.590 e. The third kappa shape index (κ3) is 2.56. The van der Waals surface area contributed by atoms with Crippen molar-refractivity contribution in [3.8, 4) is 0 Å². The first kappa shape index (κ1) is 13.0. The molecule has 0 aliphatic carbocycles. The number of rotatable bonds is 0. The zero-order valence-corrected chi connectivity index (χ0v) is 12.5. The van der Waals surface area contributed by atoms with Gasteiger partial charge in [0.15, 0.2) is 0 Å². The molecule has 1 heterocycles. The summed E-state index contributed by atoms with van der Waals surface area (Å²) in [6.45, 7) is 3.70. The second-order valence-corrected chi connectivity index (χ2v) is 4.57. The number of nitrogens with zero attached hydrogens (tertiary/aromatic N) is 1. The third-order valence-electron chi connectivity index (χ3n) is 2.16. The smallest absolute Gasteiger partial charge is 0.590 e. The van der Waals surface area contributed by atoms with Crippen LogP contribution in [-0.2, 0) is 10.3 Å². The van der Waals surface area contributed by atoms with Crippen LogP contribution in [0.2, 0.25) is 0 Å². The molecular weight excluding hydrogens is 269 g/mol. The molecule has 2 rings (SSSR count). The van der Waals surface area contributed by atoms with Gasteiger partial charge in [-0.2, -0.15) is 0 Å². The van der Waals surface area contributed by atoms with Gasteiger partial charge in [0.1, 0.15) is 5.60 Å². The maximum Gasteiger partial charge on any atom is 1.00 e. The SMILES string of the molecule is CC1(C)OC(=O)[N-]c2ccc(Br)cc21.[Na+]. The van der Waals surface area contributed by atoms with Gasteiger partial charge in [-0.3, -0.25) is 4.79 Å². The van der Waals surface area contributed by atoms with E-state index in [0.717, 1.165) is 10.0 Å². The largest absolute Gasteiger partial charge is 1.00 e. The third-order valence-corrected chi connectivity index (χ3v) is 2.65. The van der Waals surface area contributed by atoms with E-state index in [4.69, 9.17) is 4.74 Å². The molecule has 0 unspecified atom stereocenters. The number of hydrogen-bond acceptors (Lipinski definition) is 2. The van der Waals surface area contributed by atoms with Crippen molar-refractivity contribution in [1.29, 1.82) is 0 Å². The van der Waals surface area contributed by atoms with E-state index in [1.54, 1.807) is 0 Å². The molecule has 3 nitrogen and oxygen atoms in total. The van der Waals surface area contributed by atoms with E-state index in [0.29, 0.717) is 5.69 Å². The van der Waals surface area contributed by atoms with Crippen molar-refractivity contribution in [3.05, 3.63) is 33.6 Å². The number of hydrogen-bond donors (Lipinski definition) is 0. The number of cyclic esters (lactones) is 1. The molecule has 0 aromatic heterocycles. The van der Waals surface area contributed by atoms with E-state index >= 15 is 0 Å². The monoisotopic (exact) mass is 277 g/mol. The zero-order valence-electron chi connectivity index (χ0n) is 8.87. The Kier molecular flexibility index (Phi) is 3.87. The van der Waals surface area contributed by atoms with E-state index in [9.17, 15) is 4.79 Å². The predicted octanol–water partition coefficient (Wildman–Crippen LogP) is 0.844. The molecule has 0 N–H and O–H groups in total. The molecule has 1 aromatic carbocycles. The molecule has 15 heavy (non-hydrogen) atoms. The topological polar surface area (TPSA) is 40.4 Å². The van der Waals surface area contributed by atoms with Crippen molar-refractivity contribution in [3.63, 3.8) is 0 Å². The van der Waals surface area contributed by atoms with Gasteiger partial charge in [0.2, 0.25) is 6.09 Å². The molecule has 1 amide bonds. The van der Waals surface area contributed by atoms with Gasteiger partial charge in [0.05, 0.1) is 0 Å². The molecule has 1 aliphatic heterocycles. The van der Waals surface area contributed by atoms with Crippen molar-refractivity contribution in [2.45, 2.75) is 19.4 Å². The van der Waals surface area contributed by atoms with E-state index in [-0.39, 0.29) is 29.6 Å². The molecule has 0 saturated carbocycles. The molecule has 0 saturated heterocycles. The Labute approximate surface area is 119 Å². The summed E-state index contributed by atoms with van der Waals surface area (Å²) in [5.74, 6) is 0. The summed E-state index contributed by atoms with van der Waals surface area (Å²) in [6.07, 6.45) is -0.523. The summed E-state index contributed by atoms with van der Waals surface area (Å²) in [4.78, 5) is 11.1. The average Bonchev–Trinajstić information content (AvgIpc) is 2.05. The average molecular weight is 278 g/mol. The second kappa shape index (κ2) is 4.45. The van der Waals surface area contributed by atoms with Crippen LogP contribution in [0.1, 0.15) is 19.4 Å². The van der Waals surface area contributed by atoms with Crippen LogP contribution in [0, 0.1) is 0 Å². The van der Waals surface area contributed by atoms with Crippen molar-refractivity contribution in [2.75, 3.05) is 0 Å². The minimum atomic E-state index is -0.599. The van der Waals surface area contributed by atoms with Crippen LogP contribution in [0.25, 0.3) is 5.32 Å². The Morgan fingerprint density at radius 3 is 2.73 bits per heavy atom.